The lowest BCUT2D eigenvalue weighted by Crippen LogP contribution is -2.24. The number of cyclic esters (lactones) is 1. The molecule has 0 radical (unpaired) electrons. The van der Waals surface area contributed by atoms with Gasteiger partial charge < -0.3 is 14.2 Å². The number of ether oxygens (including phenoxy) is 3. The van der Waals surface area contributed by atoms with Crippen LogP contribution < -0.4 is 9.47 Å². The van der Waals surface area contributed by atoms with Crippen LogP contribution in [0, 0.1) is 0 Å². The zero-order chi connectivity index (χ0) is 10.4. The molecule has 3 rings (SSSR count). The highest BCUT2D eigenvalue weighted by Gasteiger charge is 2.27. The lowest BCUT2D eigenvalue weighted by molar-refractivity contribution is 0.0301. The maximum Gasteiger partial charge on any atom is 0.338 e. The van der Waals surface area contributed by atoms with Crippen molar-refractivity contribution in [3.05, 3.63) is 23.3 Å². The van der Waals surface area contributed by atoms with Gasteiger partial charge in [-0.25, -0.2) is 4.79 Å². The number of hydrogen-bond acceptors (Lipinski definition) is 4. The lowest BCUT2D eigenvalue weighted by Gasteiger charge is -2.21. The van der Waals surface area contributed by atoms with Gasteiger partial charge in [0.15, 0.2) is 11.5 Å². The first-order valence-electron chi connectivity index (χ1n) is 4.87. The Morgan fingerprint density at radius 2 is 2.00 bits per heavy atom. The SMILES string of the molecule is CC1Cc2cc3c(cc2C(=O)O1)OCO3. The molecule has 1 unspecified atom stereocenters. The smallest absolute Gasteiger partial charge is 0.338 e. The van der Waals surface area contributed by atoms with E-state index in [1.54, 1.807) is 6.07 Å². The Kier molecular flexibility index (Phi) is 1.65. The van der Waals surface area contributed by atoms with Gasteiger partial charge in [0, 0.05) is 6.42 Å². The van der Waals surface area contributed by atoms with Gasteiger partial charge in [-0.15, -0.1) is 0 Å². The molecule has 0 aromatic heterocycles. The first-order valence-corrected chi connectivity index (χ1v) is 4.87. The molecule has 15 heavy (non-hydrogen) atoms. The van der Waals surface area contributed by atoms with E-state index >= 15 is 0 Å². The number of rotatable bonds is 0. The molecule has 2 aliphatic rings. The standard InChI is InChI=1S/C11H10O4/c1-6-2-7-3-9-10(14-5-13-9)4-8(7)11(12)15-6/h3-4,6H,2,5H2,1H3. The van der Waals surface area contributed by atoms with Crippen LogP contribution in [-0.2, 0) is 11.2 Å². The Morgan fingerprint density at radius 1 is 1.27 bits per heavy atom. The van der Waals surface area contributed by atoms with Gasteiger partial charge in [-0.1, -0.05) is 0 Å². The summed E-state index contributed by atoms with van der Waals surface area (Å²) in [5.74, 6) is 1.07. The summed E-state index contributed by atoms with van der Waals surface area (Å²) in [6, 6.07) is 3.57. The molecule has 1 aromatic carbocycles. The summed E-state index contributed by atoms with van der Waals surface area (Å²) < 4.78 is 15.6. The van der Waals surface area contributed by atoms with Crippen molar-refractivity contribution in [3.63, 3.8) is 0 Å². The van der Waals surface area contributed by atoms with E-state index in [0.717, 1.165) is 17.7 Å². The Hall–Kier alpha value is -1.71. The molecule has 0 fully saturated rings. The molecular formula is C11H10O4. The van der Waals surface area contributed by atoms with Crippen LogP contribution in [0.2, 0.25) is 0 Å². The normalized spacial score (nSPS) is 22.2. The van der Waals surface area contributed by atoms with Gasteiger partial charge in [-0.3, -0.25) is 0 Å². The fourth-order valence-corrected chi connectivity index (χ4v) is 1.94. The summed E-state index contributed by atoms with van der Waals surface area (Å²) in [6.45, 7) is 2.11. The summed E-state index contributed by atoms with van der Waals surface area (Å²) in [7, 11) is 0. The molecule has 78 valence electrons. The number of hydrogen-bond donors (Lipinski definition) is 0. The molecule has 4 heteroatoms. The van der Waals surface area contributed by atoms with Crippen molar-refractivity contribution in [1.82, 2.24) is 0 Å². The second-order valence-corrected chi connectivity index (χ2v) is 3.78. The predicted molar refractivity (Wildman–Crippen MR) is 51.1 cm³/mol. The average molecular weight is 206 g/mol. The van der Waals surface area contributed by atoms with Crippen LogP contribution in [0.25, 0.3) is 0 Å². The van der Waals surface area contributed by atoms with Gasteiger partial charge in [0.1, 0.15) is 6.10 Å². The molecule has 0 bridgehead atoms. The molecule has 0 saturated heterocycles. The molecule has 2 aliphatic heterocycles. The maximum atomic E-state index is 11.6. The Balaban J connectivity index is 2.13. The number of esters is 1. The van der Waals surface area contributed by atoms with Gasteiger partial charge in [-0.05, 0) is 24.6 Å². The van der Waals surface area contributed by atoms with Crippen LogP contribution in [0.4, 0.5) is 0 Å². The zero-order valence-electron chi connectivity index (χ0n) is 8.28. The van der Waals surface area contributed by atoms with Gasteiger partial charge in [0.2, 0.25) is 6.79 Å². The summed E-state index contributed by atoms with van der Waals surface area (Å²) in [6.07, 6.45) is 0.669. The van der Waals surface area contributed by atoms with Gasteiger partial charge in [0.05, 0.1) is 5.56 Å². The van der Waals surface area contributed by atoms with Crippen LogP contribution in [0.1, 0.15) is 22.8 Å². The molecule has 1 atom stereocenters. The molecule has 0 aliphatic carbocycles. The van der Waals surface area contributed by atoms with Crippen LogP contribution in [-0.4, -0.2) is 18.9 Å². The van der Waals surface area contributed by atoms with Crippen LogP contribution in [0.3, 0.4) is 0 Å². The molecule has 2 heterocycles. The average Bonchev–Trinajstić information content (AvgIpc) is 2.61. The van der Waals surface area contributed by atoms with Crippen molar-refractivity contribution in [2.24, 2.45) is 0 Å². The molecule has 4 nitrogen and oxygen atoms in total. The third-order valence-electron chi connectivity index (χ3n) is 2.63. The summed E-state index contributed by atoms with van der Waals surface area (Å²) in [5.41, 5.74) is 1.57. The van der Waals surface area contributed by atoms with Gasteiger partial charge in [-0.2, -0.15) is 0 Å². The third-order valence-corrected chi connectivity index (χ3v) is 2.63. The summed E-state index contributed by atoms with van der Waals surface area (Å²) in [5, 5.41) is 0. The minimum Gasteiger partial charge on any atom is -0.459 e. The Bertz CT molecular complexity index is 438. The third kappa shape index (κ3) is 1.25. The van der Waals surface area contributed by atoms with E-state index in [1.165, 1.54) is 0 Å². The maximum absolute atomic E-state index is 11.6. The zero-order valence-corrected chi connectivity index (χ0v) is 8.28. The van der Waals surface area contributed by atoms with Crippen LogP contribution >= 0.6 is 0 Å². The first-order chi connectivity index (χ1) is 7.24. The van der Waals surface area contributed by atoms with Crippen molar-refractivity contribution in [1.29, 1.82) is 0 Å². The van der Waals surface area contributed by atoms with Gasteiger partial charge in [0.25, 0.3) is 0 Å². The monoisotopic (exact) mass is 206 g/mol. The number of fused-ring (bicyclic) bond motifs is 2. The van der Waals surface area contributed by atoms with Crippen LogP contribution in [0.15, 0.2) is 12.1 Å². The van der Waals surface area contributed by atoms with E-state index in [2.05, 4.69) is 0 Å². The molecule has 0 saturated carbocycles. The molecular weight excluding hydrogens is 196 g/mol. The molecule has 0 spiro atoms. The molecule has 0 N–H and O–H groups in total. The fraction of sp³-hybridized carbons (Fsp3) is 0.364. The van der Waals surface area contributed by atoms with E-state index in [4.69, 9.17) is 14.2 Å². The van der Waals surface area contributed by atoms with Crippen molar-refractivity contribution < 1.29 is 19.0 Å². The predicted octanol–water partition coefficient (Wildman–Crippen LogP) is 1.52. The van der Waals surface area contributed by atoms with E-state index in [9.17, 15) is 4.79 Å². The topological polar surface area (TPSA) is 44.8 Å². The fourth-order valence-electron chi connectivity index (χ4n) is 1.94. The second kappa shape index (κ2) is 2.89. The first kappa shape index (κ1) is 8.59. The molecule has 1 aromatic rings. The highest BCUT2D eigenvalue weighted by Crippen LogP contribution is 2.36. The number of carbonyl (C=O) groups is 1. The van der Waals surface area contributed by atoms with E-state index in [1.807, 2.05) is 13.0 Å². The summed E-state index contributed by atoms with van der Waals surface area (Å²) >= 11 is 0. The summed E-state index contributed by atoms with van der Waals surface area (Å²) in [4.78, 5) is 11.6. The van der Waals surface area contributed by atoms with Crippen LogP contribution in [0.5, 0.6) is 11.5 Å². The van der Waals surface area contributed by atoms with E-state index < -0.39 is 0 Å². The number of carbonyl (C=O) groups excluding carboxylic acids is 1. The van der Waals surface area contributed by atoms with Gasteiger partial charge >= 0.3 is 5.97 Å². The lowest BCUT2D eigenvalue weighted by atomic mass is 9.98. The second-order valence-electron chi connectivity index (χ2n) is 3.78. The van der Waals surface area contributed by atoms with Crippen molar-refractivity contribution in [2.75, 3.05) is 6.79 Å². The van der Waals surface area contributed by atoms with Crippen molar-refractivity contribution in [2.45, 2.75) is 19.4 Å². The van der Waals surface area contributed by atoms with E-state index in [-0.39, 0.29) is 18.9 Å². The Morgan fingerprint density at radius 3 is 2.80 bits per heavy atom. The molecule has 0 amide bonds. The highest BCUT2D eigenvalue weighted by molar-refractivity contribution is 5.93. The quantitative estimate of drug-likeness (QED) is 0.603. The van der Waals surface area contributed by atoms with E-state index in [0.29, 0.717) is 11.3 Å². The largest absolute Gasteiger partial charge is 0.459 e. The highest BCUT2D eigenvalue weighted by atomic mass is 16.7. The minimum absolute atomic E-state index is 0.0645. The minimum atomic E-state index is -0.276. The van der Waals surface area contributed by atoms with Crippen molar-refractivity contribution >= 4 is 5.97 Å². The van der Waals surface area contributed by atoms with Crippen molar-refractivity contribution in [3.8, 4) is 11.5 Å². The number of benzene rings is 1. The Labute approximate surface area is 86.7 Å².